The predicted molar refractivity (Wildman–Crippen MR) is 122 cm³/mol. The largest absolute Gasteiger partial charge is 0.214 e. The Kier molecular flexibility index (Phi) is 9.49. The van der Waals surface area contributed by atoms with Crippen LogP contribution >= 0.6 is 7.26 Å². The maximum atomic E-state index is 16.0. The molecule has 27 heavy (non-hydrogen) atoms. The molecule has 2 aromatic rings. The molecular formula is C25H37FP+. The summed E-state index contributed by atoms with van der Waals surface area (Å²) >= 11 is 0. The van der Waals surface area contributed by atoms with Gasteiger partial charge in [-0.2, -0.15) is 0 Å². The molecule has 148 valence electrons. The smallest absolute Gasteiger partial charge is 0.202 e. The van der Waals surface area contributed by atoms with E-state index in [2.05, 4.69) is 69.3 Å². The van der Waals surface area contributed by atoms with Crippen LogP contribution in [0, 0.1) is 5.92 Å². The highest BCUT2D eigenvalue weighted by atomic mass is 31.2. The Balaban J connectivity index is 2.44. The summed E-state index contributed by atoms with van der Waals surface area (Å²) < 4.78 is 16.0. The Morgan fingerprint density at radius 1 is 0.741 bits per heavy atom. The summed E-state index contributed by atoms with van der Waals surface area (Å²) in [5.74, 6) is -0.0402. The molecule has 2 heteroatoms. The van der Waals surface area contributed by atoms with Crippen molar-refractivity contribution in [2.75, 3.05) is 6.16 Å². The summed E-state index contributed by atoms with van der Waals surface area (Å²) in [7, 11) is -2.07. The van der Waals surface area contributed by atoms with Crippen LogP contribution in [0.1, 0.15) is 65.7 Å². The fourth-order valence-electron chi connectivity index (χ4n) is 4.15. The highest BCUT2D eigenvalue weighted by molar-refractivity contribution is 7.89. The number of rotatable bonds is 12. The standard InChI is InChI=1S/C25H37FP/c1-4-7-15-22(6-3)20-21-27(25(26)14-5-2,23-16-10-8-11-17-23)24-18-12-9-13-19-24/h8-13,16-19,22,25H,4-7,14-15,20-21H2,1-3H3/q+1. The average molecular weight is 388 g/mol. The molecule has 0 aliphatic carbocycles. The van der Waals surface area contributed by atoms with Crippen LogP contribution in [0.5, 0.6) is 0 Å². The number of alkyl halides is 1. The molecule has 0 N–H and O–H groups in total. The van der Waals surface area contributed by atoms with Crippen LogP contribution in [-0.4, -0.2) is 12.1 Å². The number of unbranched alkanes of at least 4 members (excludes halogenated alkanes) is 1. The van der Waals surface area contributed by atoms with E-state index in [1.54, 1.807) is 0 Å². The SMILES string of the molecule is CCCCC(CC)CC[P+](c1ccccc1)(c1ccccc1)C(F)CCC. The number of hydrogen-bond acceptors (Lipinski definition) is 0. The summed E-state index contributed by atoms with van der Waals surface area (Å²) in [6, 6.07) is 21.1. The lowest BCUT2D eigenvalue weighted by atomic mass is 9.97. The normalized spacial score (nSPS) is 14.1. The molecule has 0 aromatic heterocycles. The molecule has 0 radical (unpaired) electrons. The zero-order chi connectivity index (χ0) is 19.5. The number of benzene rings is 2. The summed E-state index contributed by atoms with van der Waals surface area (Å²) in [6.07, 6.45) is 8.70. The van der Waals surface area contributed by atoms with Gasteiger partial charge in [0.1, 0.15) is 17.9 Å². The molecule has 0 spiro atoms. The minimum Gasteiger partial charge on any atom is -0.202 e. The second-order valence-electron chi connectivity index (χ2n) is 7.69. The molecule has 2 rings (SSSR count). The summed E-state index contributed by atoms with van der Waals surface area (Å²) in [6.45, 7) is 6.66. The lowest BCUT2D eigenvalue weighted by Gasteiger charge is -2.31. The van der Waals surface area contributed by atoms with E-state index in [9.17, 15) is 0 Å². The molecule has 0 amide bonds. The van der Waals surface area contributed by atoms with E-state index in [-0.39, 0.29) is 0 Å². The van der Waals surface area contributed by atoms with Gasteiger partial charge in [-0.3, -0.25) is 0 Å². The van der Waals surface area contributed by atoms with Crippen LogP contribution in [0.4, 0.5) is 4.39 Å². The first kappa shape index (κ1) is 22.1. The van der Waals surface area contributed by atoms with E-state index in [0.717, 1.165) is 19.0 Å². The zero-order valence-electron chi connectivity index (χ0n) is 17.4. The first-order chi connectivity index (χ1) is 13.2. The van der Waals surface area contributed by atoms with E-state index in [4.69, 9.17) is 0 Å². The Morgan fingerprint density at radius 3 is 1.74 bits per heavy atom. The first-order valence-electron chi connectivity index (χ1n) is 10.8. The average Bonchev–Trinajstić information content (AvgIpc) is 2.72. The Bertz CT molecular complexity index is 586. The van der Waals surface area contributed by atoms with Crippen molar-refractivity contribution in [3.05, 3.63) is 60.7 Å². The molecule has 0 aliphatic rings. The number of hydrogen-bond donors (Lipinski definition) is 0. The van der Waals surface area contributed by atoms with Crippen LogP contribution in [0.2, 0.25) is 0 Å². The van der Waals surface area contributed by atoms with Gasteiger partial charge in [-0.1, -0.05) is 82.9 Å². The van der Waals surface area contributed by atoms with E-state index in [1.807, 2.05) is 12.1 Å². The highest BCUT2D eigenvalue weighted by Crippen LogP contribution is 2.63. The molecule has 0 heterocycles. The van der Waals surface area contributed by atoms with E-state index in [1.165, 1.54) is 36.3 Å². The van der Waals surface area contributed by atoms with E-state index < -0.39 is 13.2 Å². The minimum atomic E-state index is -2.07. The molecule has 2 atom stereocenters. The Hall–Kier alpha value is -1.20. The van der Waals surface area contributed by atoms with Crippen LogP contribution in [0.25, 0.3) is 0 Å². The zero-order valence-corrected chi connectivity index (χ0v) is 18.3. The third kappa shape index (κ3) is 5.64. The molecule has 0 saturated heterocycles. The van der Waals surface area contributed by atoms with Crippen LogP contribution in [-0.2, 0) is 0 Å². The molecule has 2 unspecified atom stereocenters. The fourth-order valence-corrected chi connectivity index (χ4v) is 8.77. The van der Waals surface area contributed by atoms with E-state index >= 15 is 4.39 Å². The van der Waals surface area contributed by atoms with Gasteiger partial charge in [-0.25, -0.2) is 4.39 Å². The maximum absolute atomic E-state index is 16.0. The topological polar surface area (TPSA) is 0 Å². The molecule has 2 aromatic carbocycles. The second-order valence-corrected chi connectivity index (χ2v) is 11.5. The lowest BCUT2D eigenvalue weighted by molar-refractivity contribution is 0.410. The van der Waals surface area contributed by atoms with Crippen molar-refractivity contribution in [2.45, 2.75) is 71.6 Å². The van der Waals surface area contributed by atoms with Gasteiger partial charge in [0, 0.05) is 6.42 Å². The van der Waals surface area contributed by atoms with Crippen molar-refractivity contribution < 1.29 is 4.39 Å². The monoisotopic (exact) mass is 387 g/mol. The van der Waals surface area contributed by atoms with Gasteiger partial charge in [0.05, 0.1) is 6.16 Å². The van der Waals surface area contributed by atoms with Gasteiger partial charge in [-0.15, -0.1) is 0 Å². The molecule has 0 saturated carbocycles. The van der Waals surface area contributed by atoms with Gasteiger partial charge in [0.25, 0.3) is 0 Å². The van der Waals surface area contributed by atoms with Crippen molar-refractivity contribution in [2.24, 2.45) is 5.92 Å². The fraction of sp³-hybridized carbons (Fsp3) is 0.520. The van der Waals surface area contributed by atoms with Crippen molar-refractivity contribution in [1.29, 1.82) is 0 Å². The first-order valence-corrected chi connectivity index (χ1v) is 12.9. The van der Waals surface area contributed by atoms with Gasteiger partial charge in [0.15, 0.2) is 0 Å². The van der Waals surface area contributed by atoms with Crippen molar-refractivity contribution >= 4 is 17.9 Å². The van der Waals surface area contributed by atoms with Gasteiger partial charge in [0.2, 0.25) is 5.91 Å². The van der Waals surface area contributed by atoms with Crippen molar-refractivity contribution in [3.63, 3.8) is 0 Å². The summed E-state index contributed by atoms with van der Waals surface area (Å²) in [5.41, 5.74) is 0. The highest BCUT2D eigenvalue weighted by Gasteiger charge is 2.50. The molecule has 0 fully saturated rings. The molecule has 0 bridgehead atoms. The lowest BCUT2D eigenvalue weighted by Crippen LogP contribution is -2.32. The maximum Gasteiger partial charge on any atom is 0.214 e. The molecular weight excluding hydrogens is 350 g/mol. The number of halogens is 1. The second kappa shape index (κ2) is 11.6. The molecule has 0 nitrogen and oxygen atoms in total. The summed E-state index contributed by atoms with van der Waals surface area (Å²) in [5, 5.41) is 2.48. The quantitative estimate of drug-likeness (QED) is 0.334. The van der Waals surface area contributed by atoms with Crippen molar-refractivity contribution in [3.8, 4) is 0 Å². The van der Waals surface area contributed by atoms with Gasteiger partial charge >= 0.3 is 0 Å². The van der Waals surface area contributed by atoms with Crippen LogP contribution < -0.4 is 10.6 Å². The van der Waals surface area contributed by atoms with E-state index in [0.29, 0.717) is 12.3 Å². The Morgan fingerprint density at radius 2 is 1.30 bits per heavy atom. The van der Waals surface area contributed by atoms with Gasteiger partial charge < -0.3 is 0 Å². The minimum absolute atomic E-state index is 0.656. The summed E-state index contributed by atoms with van der Waals surface area (Å²) in [4.78, 5) is 0. The molecule has 0 aliphatic heterocycles. The van der Waals surface area contributed by atoms with Crippen LogP contribution in [0.15, 0.2) is 60.7 Å². The third-order valence-corrected chi connectivity index (χ3v) is 10.5. The van der Waals surface area contributed by atoms with Crippen LogP contribution in [0.3, 0.4) is 0 Å². The third-order valence-electron chi connectivity index (χ3n) is 5.87. The van der Waals surface area contributed by atoms with Crippen molar-refractivity contribution in [1.82, 2.24) is 0 Å². The predicted octanol–water partition coefficient (Wildman–Crippen LogP) is 7.36. The van der Waals surface area contributed by atoms with Gasteiger partial charge in [-0.05, 0) is 43.0 Å². The Labute approximate surface area is 166 Å².